The van der Waals surface area contributed by atoms with Gasteiger partial charge < -0.3 is 15.4 Å². The zero-order valence-corrected chi connectivity index (χ0v) is 15.7. The molecule has 7 heteroatoms. The van der Waals surface area contributed by atoms with Gasteiger partial charge in [0.1, 0.15) is 11.9 Å². The summed E-state index contributed by atoms with van der Waals surface area (Å²) in [6.45, 7) is 2.04. The molecule has 2 fully saturated rings. The second-order valence-electron chi connectivity index (χ2n) is 7.61. The lowest BCUT2D eigenvalue weighted by Crippen LogP contribution is -2.49. The summed E-state index contributed by atoms with van der Waals surface area (Å²) in [7, 11) is 0. The van der Waals surface area contributed by atoms with Crippen molar-refractivity contribution in [1.82, 2.24) is 15.6 Å². The molecule has 2 saturated carbocycles. The molecule has 3 rings (SSSR count). The molecule has 0 aromatic carbocycles. The number of nitrogens with one attached hydrogen (secondary N) is 2. The first-order chi connectivity index (χ1) is 13.0. The third kappa shape index (κ3) is 5.91. The lowest BCUT2D eigenvalue weighted by molar-refractivity contribution is -0.129. The number of alkyl halides is 1. The van der Waals surface area contributed by atoms with Crippen molar-refractivity contribution in [3.63, 3.8) is 0 Å². The van der Waals surface area contributed by atoms with Gasteiger partial charge in [0.15, 0.2) is 6.10 Å². The van der Waals surface area contributed by atoms with Gasteiger partial charge in [-0.05, 0) is 63.5 Å². The fraction of sp³-hybridized carbons (Fsp3) is 0.650. The molecule has 1 aromatic rings. The van der Waals surface area contributed by atoms with Crippen molar-refractivity contribution in [3.8, 4) is 5.75 Å². The number of amides is 2. The molecule has 0 spiro atoms. The number of carbonyl (C=O) groups excluding carboxylic acids is 2. The largest absolute Gasteiger partial charge is 0.479 e. The fourth-order valence-electron chi connectivity index (χ4n) is 3.53. The predicted octanol–water partition coefficient (Wildman–Crippen LogP) is 2.39. The molecule has 2 amide bonds. The molecular weight excluding hydrogens is 349 g/mol. The van der Waals surface area contributed by atoms with E-state index in [1.54, 1.807) is 31.5 Å². The van der Waals surface area contributed by atoms with Crippen LogP contribution in [0, 0.1) is 11.8 Å². The summed E-state index contributed by atoms with van der Waals surface area (Å²) < 4.78 is 19.1. The predicted molar refractivity (Wildman–Crippen MR) is 98.8 cm³/mol. The topological polar surface area (TPSA) is 80.3 Å². The van der Waals surface area contributed by atoms with Crippen LogP contribution in [0.25, 0.3) is 0 Å². The van der Waals surface area contributed by atoms with Gasteiger partial charge in [-0.3, -0.25) is 14.6 Å². The molecule has 6 nitrogen and oxygen atoms in total. The monoisotopic (exact) mass is 377 g/mol. The molecule has 2 N–H and O–H groups in total. The Morgan fingerprint density at radius 1 is 1.33 bits per heavy atom. The Morgan fingerprint density at radius 2 is 2.15 bits per heavy atom. The summed E-state index contributed by atoms with van der Waals surface area (Å²) in [6, 6.07) is 3.38. The Bertz CT molecular complexity index is 639. The van der Waals surface area contributed by atoms with Gasteiger partial charge in [0.25, 0.3) is 5.91 Å². The van der Waals surface area contributed by atoms with Crippen molar-refractivity contribution in [1.29, 1.82) is 0 Å². The van der Waals surface area contributed by atoms with Crippen LogP contribution in [0.15, 0.2) is 24.5 Å². The Kier molecular flexibility index (Phi) is 6.63. The number of rotatable bonds is 8. The summed E-state index contributed by atoms with van der Waals surface area (Å²) in [5, 5.41) is 5.91. The number of hydrogen-bond donors (Lipinski definition) is 2. The molecule has 0 radical (unpaired) electrons. The maximum atomic E-state index is 13.6. The first kappa shape index (κ1) is 19.6. The van der Waals surface area contributed by atoms with Crippen molar-refractivity contribution in [2.45, 2.75) is 63.8 Å². The molecule has 148 valence electrons. The Hall–Kier alpha value is -2.18. The minimum Gasteiger partial charge on any atom is -0.479 e. The van der Waals surface area contributed by atoms with E-state index in [9.17, 15) is 14.0 Å². The molecule has 27 heavy (non-hydrogen) atoms. The first-order valence-electron chi connectivity index (χ1n) is 9.81. The highest BCUT2D eigenvalue weighted by atomic mass is 19.1. The number of halogens is 1. The molecular formula is C20H28FN3O3. The highest BCUT2D eigenvalue weighted by Crippen LogP contribution is 2.33. The van der Waals surface area contributed by atoms with Gasteiger partial charge in [-0.15, -0.1) is 0 Å². The van der Waals surface area contributed by atoms with Crippen molar-refractivity contribution >= 4 is 11.8 Å². The van der Waals surface area contributed by atoms with Crippen molar-refractivity contribution in [3.05, 3.63) is 24.5 Å². The Labute approximate surface area is 159 Å². The van der Waals surface area contributed by atoms with Crippen molar-refractivity contribution < 1.29 is 18.7 Å². The number of nitrogens with zero attached hydrogens (tertiary/aromatic N) is 1. The summed E-state index contributed by atoms with van der Waals surface area (Å²) in [4.78, 5) is 28.7. The zero-order valence-electron chi connectivity index (χ0n) is 15.7. The standard InChI is InChI=1S/C20H28FN3O3/c1-13(27-17-6-3-9-22-11-17)19(25)23-12-18(14-7-8-14)24-20(26)15-4-2-5-16(21)10-15/h3,6,9,11,13-16,18H,2,4-5,7-8,10,12H2,1H3,(H,23,25)(H,24,26). The molecule has 4 unspecified atom stereocenters. The lowest BCUT2D eigenvalue weighted by Gasteiger charge is -2.27. The second-order valence-corrected chi connectivity index (χ2v) is 7.61. The Morgan fingerprint density at radius 3 is 2.81 bits per heavy atom. The van der Waals surface area contributed by atoms with E-state index in [1.165, 1.54) is 0 Å². The average Bonchev–Trinajstić information content (AvgIpc) is 3.50. The lowest BCUT2D eigenvalue weighted by atomic mass is 9.87. The number of pyridine rings is 1. The van der Waals surface area contributed by atoms with E-state index in [1.807, 2.05) is 0 Å². The van der Waals surface area contributed by atoms with E-state index in [0.717, 1.165) is 25.7 Å². The number of carbonyl (C=O) groups is 2. The second kappa shape index (κ2) is 9.15. The smallest absolute Gasteiger partial charge is 0.260 e. The first-order valence-corrected chi connectivity index (χ1v) is 9.81. The van der Waals surface area contributed by atoms with E-state index in [-0.39, 0.29) is 23.8 Å². The summed E-state index contributed by atoms with van der Waals surface area (Å²) in [6.07, 6.45) is 6.11. The number of aromatic nitrogens is 1. The summed E-state index contributed by atoms with van der Waals surface area (Å²) in [5.41, 5.74) is 0. The molecule has 2 aliphatic carbocycles. The molecule has 0 saturated heterocycles. The third-order valence-electron chi connectivity index (χ3n) is 5.31. The van der Waals surface area contributed by atoms with Gasteiger partial charge in [-0.1, -0.05) is 0 Å². The highest BCUT2D eigenvalue weighted by molar-refractivity contribution is 5.81. The zero-order chi connectivity index (χ0) is 19.2. The van der Waals surface area contributed by atoms with E-state index in [4.69, 9.17) is 4.74 Å². The Balaban J connectivity index is 1.46. The molecule has 2 aliphatic rings. The van der Waals surface area contributed by atoms with Crippen molar-refractivity contribution in [2.75, 3.05) is 6.54 Å². The minimum absolute atomic E-state index is 0.0804. The molecule has 1 heterocycles. The third-order valence-corrected chi connectivity index (χ3v) is 5.31. The van der Waals surface area contributed by atoms with Gasteiger partial charge in [0, 0.05) is 24.7 Å². The van der Waals surface area contributed by atoms with Crippen LogP contribution in [0.2, 0.25) is 0 Å². The van der Waals surface area contributed by atoms with E-state index < -0.39 is 12.3 Å². The van der Waals surface area contributed by atoms with Gasteiger partial charge in [0.05, 0.1) is 6.20 Å². The number of ether oxygens (including phenoxy) is 1. The van der Waals surface area contributed by atoms with Crippen LogP contribution in [0.4, 0.5) is 4.39 Å². The van der Waals surface area contributed by atoms with Gasteiger partial charge in [0.2, 0.25) is 5.91 Å². The van der Waals surface area contributed by atoms with E-state index in [2.05, 4.69) is 15.6 Å². The van der Waals surface area contributed by atoms with Crippen molar-refractivity contribution in [2.24, 2.45) is 11.8 Å². The molecule has 4 atom stereocenters. The number of hydrogen-bond acceptors (Lipinski definition) is 4. The van der Waals surface area contributed by atoms with Crippen LogP contribution in [0.5, 0.6) is 5.75 Å². The summed E-state index contributed by atoms with van der Waals surface area (Å²) >= 11 is 0. The maximum absolute atomic E-state index is 13.6. The van der Waals surface area contributed by atoms with Gasteiger partial charge >= 0.3 is 0 Å². The molecule has 0 bridgehead atoms. The summed E-state index contributed by atoms with van der Waals surface area (Å²) in [5.74, 6) is 0.348. The van der Waals surface area contributed by atoms with Crippen LogP contribution in [0.3, 0.4) is 0 Å². The van der Waals surface area contributed by atoms with Crippen LogP contribution in [-0.4, -0.2) is 41.7 Å². The van der Waals surface area contributed by atoms with Gasteiger partial charge in [-0.2, -0.15) is 0 Å². The molecule has 1 aromatic heterocycles. The minimum atomic E-state index is -0.876. The SMILES string of the molecule is CC(Oc1cccnc1)C(=O)NCC(NC(=O)C1CCCC(F)C1)C1CC1. The van der Waals surface area contributed by atoms with E-state index in [0.29, 0.717) is 31.1 Å². The van der Waals surface area contributed by atoms with Crippen LogP contribution in [0.1, 0.15) is 45.4 Å². The molecule has 0 aliphatic heterocycles. The average molecular weight is 377 g/mol. The normalized spacial score (nSPS) is 24.5. The quantitative estimate of drug-likeness (QED) is 0.729. The van der Waals surface area contributed by atoms with Gasteiger partial charge in [-0.25, -0.2) is 4.39 Å². The van der Waals surface area contributed by atoms with Crippen LogP contribution >= 0.6 is 0 Å². The highest BCUT2D eigenvalue weighted by Gasteiger charge is 2.35. The van der Waals surface area contributed by atoms with E-state index >= 15 is 0 Å². The van der Waals surface area contributed by atoms with Crippen LogP contribution in [-0.2, 0) is 9.59 Å². The fourth-order valence-corrected chi connectivity index (χ4v) is 3.53. The maximum Gasteiger partial charge on any atom is 0.260 e. The van der Waals surface area contributed by atoms with Crippen LogP contribution < -0.4 is 15.4 Å².